The highest BCUT2D eigenvalue weighted by Crippen LogP contribution is 2.34. The van der Waals surface area contributed by atoms with Gasteiger partial charge < -0.3 is 15.0 Å². The molecule has 0 bridgehead atoms. The fourth-order valence-corrected chi connectivity index (χ4v) is 3.80. The highest BCUT2D eigenvalue weighted by atomic mass is 16.5. The summed E-state index contributed by atoms with van der Waals surface area (Å²) in [6.45, 7) is 8.44. The molecule has 1 aromatic carbocycles. The average Bonchev–Trinajstić information content (AvgIpc) is 2.54. The fourth-order valence-electron chi connectivity index (χ4n) is 3.80. The third-order valence-electron chi connectivity index (χ3n) is 4.89. The monoisotopic (exact) mass is 288 g/mol. The zero-order chi connectivity index (χ0) is 14.5. The summed E-state index contributed by atoms with van der Waals surface area (Å²) in [7, 11) is 0. The van der Waals surface area contributed by atoms with Crippen molar-refractivity contribution in [3.05, 3.63) is 29.8 Å². The Bertz CT molecular complexity index is 454. The Labute approximate surface area is 128 Å². The van der Waals surface area contributed by atoms with Gasteiger partial charge in [0.2, 0.25) is 0 Å². The van der Waals surface area contributed by atoms with E-state index in [2.05, 4.69) is 41.4 Å². The van der Waals surface area contributed by atoms with E-state index in [1.807, 2.05) is 0 Å². The van der Waals surface area contributed by atoms with Crippen LogP contribution in [0.3, 0.4) is 0 Å². The summed E-state index contributed by atoms with van der Waals surface area (Å²) >= 11 is 0. The minimum Gasteiger partial charge on any atom is -0.381 e. The van der Waals surface area contributed by atoms with Gasteiger partial charge in [0.25, 0.3) is 0 Å². The molecule has 21 heavy (non-hydrogen) atoms. The van der Waals surface area contributed by atoms with Crippen molar-refractivity contribution in [2.45, 2.75) is 32.6 Å². The number of ether oxygens (including phenoxy) is 1. The molecule has 2 aliphatic rings. The first-order valence-corrected chi connectivity index (χ1v) is 8.44. The largest absolute Gasteiger partial charge is 0.381 e. The number of nitrogens with zero attached hydrogens (tertiary/aromatic N) is 1. The Morgan fingerprint density at radius 2 is 2.19 bits per heavy atom. The third kappa shape index (κ3) is 3.41. The molecule has 2 heterocycles. The quantitative estimate of drug-likeness (QED) is 0.901. The van der Waals surface area contributed by atoms with Crippen LogP contribution in [0.15, 0.2) is 24.3 Å². The number of benzene rings is 1. The Balaban J connectivity index is 1.76. The first-order chi connectivity index (χ1) is 10.3. The Hall–Kier alpha value is -1.06. The normalized spacial score (nSPS) is 25.7. The maximum absolute atomic E-state index is 5.85. The molecule has 1 atom stereocenters. The molecule has 2 aliphatic heterocycles. The van der Waals surface area contributed by atoms with E-state index in [1.165, 1.54) is 43.5 Å². The second-order valence-electron chi connectivity index (χ2n) is 6.59. The summed E-state index contributed by atoms with van der Waals surface area (Å²) in [5, 5.41) is 3.57. The summed E-state index contributed by atoms with van der Waals surface area (Å²) in [6, 6.07) is 8.92. The van der Waals surface area contributed by atoms with Crippen LogP contribution in [0.1, 0.15) is 31.7 Å². The van der Waals surface area contributed by atoms with E-state index >= 15 is 0 Å². The van der Waals surface area contributed by atoms with Gasteiger partial charge in [-0.25, -0.2) is 0 Å². The van der Waals surface area contributed by atoms with E-state index in [9.17, 15) is 0 Å². The van der Waals surface area contributed by atoms with Gasteiger partial charge in [-0.15, -0.1) is 0 Å². The molecule has 0 radical (unpaired) electrons. The van der Waals surface area contributed by atoms with Crippen LogP contribution in [0, 0.1) is 5.41 Å². The summed E-state index contributed by atoms with van der Waals surface area (Å²) in [5.41, 5.74) is 3.24. The zero-order valence-electron chi connectivity index (χ0n) is 13.2. The molecule has 3 nitrogen and oxygen atoms in total. The Morgan fingerprint density at radius 3 is 3.00 bits per heavy atom. The standard InChI is InChI=1S/C18H28N2O/c1-2-19-13-18(10-6-12-21-15-18)14-20-11-5-8-16-7-3-4-9-17(16)20/h3-4,7,9,19H,2,5-6,8,10-15H2,1H3. The van der Waals surface area contributed by atoms with Crippen LogP contribution < -0.4 is 10.2 Å². The lowest BCUT2D eigenvalue weighted by Gasteiger charge is -2.43. The predicted molar refractivity (Wildman–Crippen MR) is 88.0 cm³/mol. The van der Waals surface area contributed by atoms with Gasteiger partial charge in [0.05, 0.1) is 6.61 Å². The van der Waals surface area contributed by atoms with Crippen LogP contribution in [0.2, 0.25) is 0 Å². The second kappa shape index (κ2) is 6.80. The van der Waals surface area contributed by atoms with E-state index in [-0.39, 0.29) is 5.41 Å². The van der Waals surface area contributed by atoms with Gasteiger partial charge in [-0.3, -0.25) is 0 Å². The second-order valence-corrected chi connectivity index (χ2v) is 6.59. The maximum atomic E-state index is 5.85. The number of para-hydroxylation sites is 1. The number of hydrogen-bond acceptors (Lipinski definition) is 3. The molecular formula is C18H28N2O. The van der Waals surface area contributed by atoms with E-state index < -0.39 is 0 Å². The van der Waals surface area contributed by atoms with Crippen molar-refractivity contribution in [1.29, 1.82) is 0 Å². The molecule has 0 amide bonds. The molecule has 1 unspecified atom stereocenters. The van der Waals surface area contributed by atoms with E-state index in [1.54, 1.807) is 0 Å². The lowest BCUT2D eigenvalue weighted by Crippen LogP contribution is -2.50. The topological polar surface area (TPSA) is 24.5 Å². The van der Waals surface area contributed by atoms with Crippen LogP contribution in [-0.4, -0.2) is 39.4 Å². The minimum absolute atomic E-state index is 0.276. The van der Waals surface area contributed by atoms with Crippen LogP contribution in [0.25, 0.3) is 0 Å². The van der Waals surface area contributed by atoms with Crippen LogP contribution in [0.5, 0.6) is 0 Å². The SMILES string of the molecule is CCNCC1(CN2CCCc3ccccc32)CCCOC1. The number of nitrogens with one attached hydrogen (secondary N) is 1. The molecule has 116 valence electrons. The highest BCUT2D eigenvalue weighted by Gasteiger charge is 2.35. The summed E-state index contributed by atoms with van der Waals surface area (Å²) in [6.07, 6.45) is 4.97. The predicted octanol–water partition coefficient (Wildman–Crippen LogP) is 2.85. The van der Waals surface area contributed by atoms with Gasteiger partial charge in [0.15, 0.2) is 0 Å². The van der Waals surface area contributed by atoms with Gasteiger partial charge in [-0.05, 0) is 43.9 Å². The molecule has 3 rings (SSSR count). The van der Waals surface area contributed by atoms with Crippen molar-refractivity contribution in [2.75, 3.05) is 44.3 Å². The third-order valence-corrected chi connectivity index (χ3v) is 4.89. The molecule has 0 aliphatic carbocycles. The highest BCUT2D eigenvalue weighted by molar-refractivity contribution is 5.55. The average molecular weight is 288 g/mol. The van der Waals surface area contributed by atoms with Crippen molar-refractivity contribution in [2.24, 2.45) is 5.41 Å². The van der Waals surface area contributed by atoms with Gasteiger partial charge in [0.1, 0.15) is 0 Å². The molecule has 1 fully saturated rings. The first kappa shape index (κ1) is 14.9. The molecule has 0 spiro atoms. The molecule has 3 heteroatoms. The summed E-state index contributed by atoms with van der Waals surface area (Å²) in [5.74, 6) is 0. The van der Waals surface area contributed by atoms with Crippen molar-refractivity contribution < 1.29 is 4.74 Å². The zero-order valence-corrected chi connectivity index (χ0v) is 13.2. The van der Waals surface area contributed by atoms with E-state index in [0.29, 0.717) is 0 Å². The van der Waals surface area contributed by atoms with E-state index in [0.717, 1.165) is 32.8 Å². The first-order valence-electron chi connectivity index (χ1n) is 8.44. The summed E-state index contributed by atoms with van der Waals surface area (Å²) < 4.78 is 5.85. The van der Waals surface area contributed by atoms with Gasteiger partial charge in [-0.2, -0.15) is 0 Å². The number of aryl methyl sites for hydroxylation is 1. The molecule has 0 saturated carbocycles. The number of anilines is 1. The van der Waals surface area contributed by atoms with Crippen LogP contribution in [0.4, 0.5) is 5.69 Å². The molecule has 1 N–H and O–H groups in total. The van der Waals surface area contributed by atoms with Crippen molar-refractivity contribution in [3.8, 4) is 0 Å². The molecule has 1 saturated heterocycles. The van der Waals surface area contributed by atoms with Crippen LogP contribution >= 0.6 is 0 Å². The molecular weight excluding hydrogens is 260 g/mol. The summed E-state index contributed by atoms with van der Waals surface area (Å²) in [4.78, 5) is 2.60. The molecule has 0 aromatic heterocycles. The van der Waals surface area contributed by atoms with Gasteiger partial charge >= 0.3 is 0 Å². The Morgan fingerprint density at radius 1 is 1.29 bits per heavy atom. The van der Waals surface area contributed by atoms with Gasteiger partial charge in [0, 0.05) is 37.3 Å². The number of rotatable bonds is 5. The number of hydrogen-bond donors (Lipinski definition) is 1. The van der Waals surface area contributed by atoms with Crippen molar-refractivity contribution in [3.63, 3.8) is 0 Å². The minimum atomic E-state index is 0.276. The van der Waals surface area contributed by atoms with Crippen molar-refractivity contribution in [1.82, 2.24) is 5.32 Å². The fraction of sp³-hybridized carbons (Fsp3) is 0.667. The lowest BCUT2D eigenvalue weighted by atomic mass is 9.81. The van der Waals surface area contributed by atoms with E-state index in [4.69, 9.17) is 4.74 Å². The van der Waals surface area contributed by atoms with Gasteiger partial charge in [-0.1, -0.05) is 25.1 Å². The van der Waals surface area contributed by atoms with Crippen LogP contribution in [-0.2, 0) is 11.2 Å². The smallest absolute Gasteiger partial charge is 0.0551 e. The molecule has 1 aromatic rings. The lowest BCUT2D eigenvalue weighted by molar-refractivity contribution is -0.00312. The number of fused-ring (bicyclic) bond motifs is 1. The Kier molecular flexibility index (Phi) is 4.81. The maximum Gasteiger partial charge on any atom is 0.0551 e. The van der Waals surface area contributed by atoms with Crippen molar-refractivity contribution >= 4 is 5.69 Å².